The molecule has 0 N–H and O–H groups in total. The largest absolute Gasteiger partial charge is 0.0654 e. The van der Waals surface area contributed by atoms with Gasteiger partial charge in [-0.3, -0.25) is 0 Å². The van der Waals surface area contributed by atoms with E-state index in [1.165, 1.54) is 0 Å². The average Bonchev–Trinajstić information content (AvgIpc) is 3.00. The van der Waals surface area contributed by atoms with Crippen LogP contribution in [0.3, 0.4) is 0 Å². The molecule has 0 heteroatoms. The van der Waals surface area contributed by atoms with Crippen LogP contribution in [0, 0.1) is 0 Å². The van der Waals surface area contributed by atoms with E-state index >= 15 is 0 Å². The molecule has 0 unspecified atom stereocenters. The molecule has 120 valence electrons. The summed E-state index contributed by atoms with van der Waals surface area (Å²) in [7, 11) is 0. The second-order valence-electron chi connectivity index (χ2n) is 2.75. The molecule has 1 aromatic carbocycles. The SMILES string of the molecule is [2H]c1c([2H])c([2H])c(C([2H])([2H])C([2H])([2H])C([2H])([2H])C([2H])([2H])C([2H])([2H])C([2H])([2H])C([2H])([2H])C([2H])([2H])C([2H])([2H])C([2H])([2H])C([2H])([2H])C([2H])([2H])C([2H])([2H])C([2H])([2H])C([2H])([2H])[2H])c([2H])c1[2H]. The average molecular weight is 325 g/mol. The Morgan fingerprint density at radius 2 is 1.19 bits per heavy atom. The maximum absolute atomic E-state index is 8.34. The Morgan fingerprint density at radius 3 is 1.71 bits per heavy atom. The molecule has 21 heavy (non-hydrogen) atoms. The van der Waals surface area contributed by atoms with E-state index in [4.69, 9.17) is 49.3 Å². The van der Waals surface area contributed by atoms with Crippen LogP contribution in [0.1, 0.15) is 145 Å². The van der Waals surface area contributed by atoms with Crippen LogP contribution in [0.5, 0.6) is 0 Å². The summed E-state index contributed by atoms with van der Waals surface area (Å²) in [5, 5.41) is 0. The molecule has 0 saturated carbocycles. The van der Waals surface area contributed by atoms with Gasteiger partial charge in [0.25, 0.3) is 0 Å². The van der Waals surface area contributed by atoms with E-state index < -0.39 is 132 Å². The minimum Gasteiger partial charge on any atom is -0.0654 e. The van der Waals surface area contributed by atoms with Crippen molar-refractivity contribution in [2.75, 3.05) is 0 Å². The van der Waals surface area contributed by atoms with Crippen molar-refractivity contribution in [2.45, 2.75) is 96.1 Å². The van der Waals surface area contributed by atoms with Gasteiger partial charge in [0.15, 0.2) is 0 Å². The third kappa shape index (κ3) is 11.5. The van der Waals surface area contributed by atoms with Gasteiger partial charge < -0.3 is 0 Å². The fourth-order valence-corrected chi connectivity index (χ4v) is 0.750. The first-order valence-electron chi connectivity index (χ1n) is 23.2. The van der Waals surface area contributed by atoms with Gasteiger partial charge in [0.05, 0.1) is 6.85 Å². The Bertz CT molecular complexity index is 1660. The third-order valence-electron chi connectivity index (χ3n) is 1.44. The second kappa shape index (κ2) is 14.2. The lowest BCUT2D eigenvalue weighted by atomic mass is 10.0. The third-order valence-corrected chi connectivity index (χ3v) is 1.44. The van der Waals surface area contributed by atoms with Gasteiger partial charge >= 0.3 is 0 Å². The summed E-state index contributed by atoms with van der Waals surface area (Å²) in [6.07, 6.45) is -68.8. The molecule has 0 aliphatic rings. The van der Waals surface area contributed by atoms with E-state index in [1.807, 2.05) is 0 Å². The molecule has 0 amide bonds. The van der Waals surface area contributed by atoms with Crippen molar-refractivity contribution in [2.24, 2.45) is 0 Å². The van der Waals surface area contributed by atoms with Crippen LogP contribution >= 0.6 is 0 Å². The quantitative estimate of drug-likeness (QED) is 0.336. The van der Waals surface area contributed by atoms with E-state index in [1.54, 1.807) is 0 Å². The van der Waals surface area contributed by atoms with Gasteiger partial charge in [0, 0.05) is 42.5 Å². The van der Waals surface area contributed by atoms with Crippen molar-refractivity contribution in [1.82, 2.24) is 0 Å². The first-order valence-corrected chi connectivity index (χ1v) is 5.25. The van der Waals surface area contributed by atoms with Crippen molar-refractivity contribution >= 4 is 0 Å². The lowest BCUT2D eigenvalue weighted by Crippen LogP contribution is -1.86. The van der Waals surface area contributed by atoms with Crippen molar-refractivity contribution in [1.29, 1.82) is 0 Å². The van der Waals surface area contributed by atoms with Crippen LogP contribution in [0.25, 0.3) is 0 Å². The Balaban J connectivity index is 4.13. The lowest BCUT2D eigenvalue weighted by molar-refractivity contribution is 0.539. The van der Waals surface area contributed by atoms with Crippen LogP contribution in [0.2, 0.25) is 0 Å². The Kier molecular flexibility index (Phi) is 1.59. The summed E-state index contributed by atoms with van der Waals surface area (Å²) in [5.41, 5.74) is -1.64. The molecule has 0 aliphatic carbocycles. The first kappa shape index (κ1) is 2.36. The topological polar surface area (TPSA) is 0 Å². The fraction of sp³-hybridized carbons (Fsp3) is 0.714. The fourth-order valence-electron chi connectivity index (χ4n) is 0.750. The molecule has 0 nitrogen and oxygen atoms in total. The molecule has 1 rings (SSSR count). The molecule has 0 bridgehead atoms. The number of hydrogen-bond donors (Lipinski definition) is 0. The van der Waals surface area contributed by atoms with Crippen LogP contribution < -0.4 is 0 Å². The van der Waals surface area contributed by atoms with E-state index in [2.05, 4.69) is 0 Å². The Hall–Kier alpha value is -0.780. The van der Waals surface area contributed by atoms with Gasteiger partial charge in [0.2, 0.25) is 0 Å². The molecule has 0 atom stereocenters. The van der Waals surface area contributed by atoms with Gasteiger partial charge in [0.1, 0.15) is 0 Å². The predicted molar refractivity (Wildman–Crippen MR) is 95.8 cm³/mol. The van der Waals surface area contributed by atoms with Gasteiger partial charge in [-0.05, 0) is 18.3 Å². The van der Waals surface area contributed by atoms with Gasteiger partial charge in [-0.1, -0.05) is 114 Å². The zero-order chi connectivity index (χ0) is 47.0. The molecule has 0 fully saturated rings. The summed E-state index contributed by atoms with van der Waals surface area (Å²) in [5.74, 6) is 0. The Morgan fingerprint density at radius 1 is 0.714 bits per heavy atom. The smallest absolute Gasteiger partial charge is 0.0626 e. The first-order chi connectivity index (χ1) is 24.2. The summed E-state index contributed by atoms with van der Waals surface area (Å²) < 4.78 is 290. The molecular formula is C21H36. The summed E-state index contributed by atoms with van der Waals surface area (Å²) in [4.78, 5) is 0. The van der Waals surface area contributed by atoms with Crippen molar-refractivity contribution < 1.29 is 49.3 Å². The highest BCUT2D eigenvalue weighted by Gasteiger charge is 1.95. The van der Waals surface area contributed by atoms with Gasteiger partial charge in [-0.15, -0.1) is 0 Å². The van der Waals surface area contributed by atoms with E-state index in [9.17, 15) is 0 Å². The predicted octanol–water partition coefficient (Wildman–Crippen LogP) is 7.32. The van der Waals surface area contributed by atoms with Crippen molar-refractivity contribution in [3.05, 3.63) is 35.8 Å². The molecule has 0 aromatic heterocycles. The molecule has 0 spiro atoms. The highest BCUT2D eigenvalue weighted by Crippen LogP contribution is 2.13. The number of hydrogen-bond acceptors (Lipinski definition) is 0. The molecule has 0 heterocycles. The molecule has 0 radical (unpaired) electrons. The van der Waals surface area contributed by atoms with Crippen LogP contribution in [0.4, 0.5) is 0 Å². The maximum Gasteiger partial charge on any atom is 0.0626 e. The molecule has 0 saturated heterocycles. The minimum absolute atomic E-state index is 1.15. The highest BCUT2D eigenvalue weighted by atomic mass is 14.0. The van der Waals surface area contributed by atoms with Crippen molar-refractivity contribution in [3.63, 3.8) is 0 Å². The summed E-state index contributed by atoms with van der Waals surface area (Å²) >= 11 is 0. The maximum atomic E-state index is 8.34. The normalized spacial score (nSPS) is 46.3. The second-order valence-corrected chi connectivity index (χ2v) is 2.75. The zero-order valence-corrected chi connectivity index (χ0v) is 10.5. The number of benzene rings is 1. The monoisotopic (exact) mass is 325 g/mol. The Labute approximate surface area is 183 Å². The molecule has 0 aliphatic heterocycles. The standard InChI is InChI=1S/C21H36/c1-2-3-4-5-6-7-8-9-10-11-12-13-15-18-21-19-16-14-17-20-21/h14,16-17,19-20H,2-13,15,18H2,1H3/i1D3,2D2,3D2,4D2,5D2,6D2,7D2,8D2,9D2,10D2,11D2,12D2,13D2,14D,15D2,16D,17D,18D2,19D,20D. The summed E-state index contributed by atoms with van der Waals surface area (Å²) in [6, 6.07) is -6.71. The van der Waals surface area contributed by atoms with E-state index in [0.717, 1.165) is 0 Å². The zero-order valence-electron chi connectivity index (χ0n) is 46.5. The van der Waals surface area contributed by atoms with E-state index in [-0.39, 0.29) is 0 Å². The van der Waals surface area contributed by atoms with Crippen LogP contribution in [-0.2, 0) is 6.37 Å². The van der Waals surface area contributed by atoms with Gasteiger partial charge in [-0.2, -0.15) is 0 Å². The van der Waals surface area contributed by atoms with Crippen molar-refractivity contribution in [3.8, 4) is 0 Å². The van der Waals surface area contributed by atoms with Gasteiger partial charge in [-0.25, -0.2) is 0 Å². The van der Waals surface area contributed by atoms with Crippen LogP contribution in [-0.4, -0.2) is 0 Å². The highest BCUT2D eigenvalue weighted by molar-refractivity contribution is 5.14. The lowest BCUT2D eigenvalue weighted by Gasteiger charge is -2.03. The van der Waals surface area contributed by atoms with Crippen LogP contribution in [0.15, 0.2) is 30.2 Å². The summed E-state index contributed by atoms with van der Waals surface area (Å²) in [6.45, 7) is -4.13. The van der Waals surface area contributed by atoms with E-state index in [0.29, 0.717) is 0 Å². The molecule has 1 aromatic rings. The molecular weight excluding hydrogens is 252 g/mol. The minimum atomic E-state index is -5.18. The number of rotatable bonds is 14.